The molecule has 0 aliphatic carbocycles. The smallest absolute Gasteiger partial charge is 0.332 e. The lowest BCUT2D eigenvalue weighted by atomic mass is 9.97. The molecule has 1 amide bonds. The van der Waals surface area contributed by atoms with Gasteiger partial charge in [-0.1, -0.05) is 0 Å². The van der Waals surface area contributed by atoms with Crippen LogP contribution >= 0.6 is 0 Å². The molecule has 2 aliphatic heterocycles. The SMILES string of the molecule is Cc1c(C(=O)NC2CC3CCC(C2)N3C)cnc2c1c(=O)n(C)c(=O)n2C. The van der Waals surface area contributed by atoms with Crippen molar-refractivity contribution < 1.29 is 4.79 Å². The van der Waals surface area contributed by atoms with Crippen LogP contribution in [0.1, 0.15) is 41.6 Å². The number of pyridine rings is 1. The largest absolute Gasteiger partial charge is 0.349 e. The Morgan fingerprint density at radius 3 is 2.37 bits per heavy atom. The van der Waals surface area contributed by atoms with Crippen LogP contribution in [0.3, 0.4) is 0 Å². The van der Waals surface area contributed by atoms with Crippen molar-refractivity contribution in [2.24, 2.45) is 14.1 Å². The van der Waals surface area contributed by atoms with E-state index in [1.807, 2.05) is 0 Å². The van der Waals surface area contributed by atoms with Crippen molar-refractivity contribution in [3.8, 4) is 0 Å². The summed E-state index contributed by atoms with van der Waals surface area (Å²) < 4.78 is 2.38. The highest BCUT2D eigenvalue weighted by molar-refractivity contribution is 5.99. The number of hydrogen-bond donors (Lipinski definition) is 1. The van der Waals surface area contributed by atoms with Crippen LogP contribution in [-0.2, 0) is 14.1 Å². The summed E-state index contributed by atoms with van der Waals surface area (Å²) in [6, 6.07) is 1.21. The normalized spacial score (nSPS) is 25.1. The van der Waals surface area contributed by atoms with Crippen molar-refractivity contribution in [1.29, 1.82) is 0 Å². The van der Waals surface area contributed by atoms with Crippen molar-refractivity contribution in [2.75, 3.05) is 7.05 Å². The molecule has 4 rings (SSSR count). The first-order chi connectivity index (χ1) is 12.8. The molecule has 0 aromatic carbocycles. The minimum Gasteiger partial charge on any atom is -0.349 e. The van der Waals surface area contributed by atoms with Gasteiger partial charge in [-0.15, -0.1) is 0 Å². The Hall–Kier alpha value is -2.48. The summed E-state index contributed by atoms with van der Waals surface area (Å²) in [7, 11) is 5.17. The molecule has 0 saturated carbocycles. The molecule has 2 unspecified atom stereocenters. The van der Waals surface area contributed by atoms with Gasteiger partial charge in [0, 0.05) is 38.4 Å². The first kappa shape index (κ1) is 17.9. The fourth-order valence-electron chi connectivity index (χ4n) is 4.69. The molecule has 2 aliphatic rings. The Kier molecular flexibility index (Phi) is 4.18. The number of hydrogen-bond acceptors (Lipinski definition) is 5. The minimum absolute atomic E-state index is 0.143. The second-order valence-corrected chi connectivity index (χ2v) is 7.89. The molecule has 8 heteroatoms. The fourth-order valence-corrected chi connectivity index (χ4v) is 4.69. The zero-order chi connectivity index (χ0) is 19.5. The number of nitrogens with one attached hydrogen (secondary N) is 1. The maximum atomic E-state index is 12.9. The number of fused-ring (bicyclic) bond motifs is 3. The molecule has 2 saturated heterocycles. The summed E-state index contributed by atoms with van der Waals surface area (Å²) in [6.45, 7) is 1.74. The van der Waals surface area contributed by atoms with Crippen molar-refractivity contribution in [2.45, 2.75) is 50.7 Å². The molecule has 8 nitrogen and oxygen atoms in total. The number of carbonyl (C=O) groups excluding carboxylic acids is 1. The van der Waals surface area contributed by atoms with Gasteiger partial charge in [0.25, 0.3) is 11.5 Å². The van der Waals surface area contributed by atoms with Gasteiger partial charge in [0.1, 0.15) is 5.65 Å². The van der Waals surface area contributed by atoms with Crippen LogP contribution in [-0.4, -0.2) is 50.1 Å². The molecule has 144 valence electrons. The van der Waals surface area contributed by atoms with Gasteiger partial charge in [-0.2, -0.15) is 0 Å². The van der Waals surface area contributed by atoms with Gasteiger partial charge in [0.05, 0.1) is 10.9 Å². The van der Waals surface area contributed by atoms with Crippen molar-refractivity contribution in [1.82, 2.24) is 24.3 Å². The number of nitrogens with zero attached hydrogens (tertiary/aromatic N) is 4. The van der Waals surface area contributed by atoms with Crippen LogP contribution in [0.25, 0.3) is 11.0 Å². The van der Waals surface area contributed by atoms with Gasteiger partial charge >= 0.3 is 5.69 Å². The lowest BCUT2D eigenvalue weighted by Crippen LogP contribution is -2.48. The molecule has 1 N–H and O–H groups in total. The minimum atomic E-state index is -0.432. The topological polar surface area (TPSA) is 89.2 Å². The Balaban J connectivity index is 1.68. The van der Waals surface area contributed by atoms with Gasteiger partial charge in [-0.05, 0) is 45.2 Å². The lowest BCUT2D eigenvalue weighted by molar-refractivity contribution is 0.0881. The van der Waals surface area contributed by atoms with Crippen LogP contribution in [0.2, 0.25) is 0 Å². The number of aryl methyl sites for hydroxylation is 2. The molecule has 2 atom stereocenters. The summed E-state index contributed by atoms with van der Waals surface area (Å²) in [5.41, 5.74) is 0.395. The van der Waals surface area contributed by atoms with E-state index in [0.29, 0.717) is 34.2 Å². The Bertz CT molecular complexity index is 1040. The van der Waals surface area contributed by atoms with Crippen molar-refractivity contribution >= 4 is 16.9 Å². The first-order valence-corrected chi connectivity index (χ1v) is 9.37. The van der Waals surface area contributed by atoms with Crippen LogP contribution < -0.4 is 16.6 Å². The summed E-state index contributed by atoms with van der Waals surface area (Å²) in [5.74, 6) is -0.202. The Labute approximate surface area is 156 Å². The van der Waals surface area contributed by atoms with Crippen LogP contribution in [0.15, 0.2) is 15.8 Å². The van der Waals surface area contributed by atoms with E-state index in [1.54, 1.807) is 14.0 Å². The van der Waals surface area contributed by atoms with E-state index in [-0.39, 0.29) is 11.9 Å². The third-order valence-electron chi connectivity index (χ3n) is 6.41. The van der Waals surface area contributed by atoms with Crippen LogP contribution in [0, 0.1) is 6.92 Å². The first-order valence-electron chi connectivity index (χ1n) is 9.37. The summed E-state index contributed by atoms with van der Waals surface area (Å²) in [4.78, 5) is 44.3. The van der Waals surface area contributed by atoms with Gasteiger partial charge < -0.3 is 10.2 Å². The number of aromatic nitrogens is 3. The van der Waals surface area contributed by atoms with Gasteiger partial charge in [-0.25, -0.2) is 9.78 Å². The highest BCUT2D eigenvalue weighted by Crippen LogP contribution is 2.34. The molecule has 0 spiro atoms. The third kappa shape index (κ3) is 2.70. The number of rotatable bonds is 2. The second-order valence-electron chi connectivity index (χ2n) is 7.89. The number of piperidine rings is 1. The molecule has 0 radical (unpaired) electrons. The van der Waals surface area contributed by atoms with Crippen molar-refractivity contribution in [3.05, 3.63) is 38.2 Å². The predicted octanol–water partition coefficient (Wildman–Crippen LogP) is 0.296. The monoisotopic (exact) mass is 371 g/mol. The Morgan fingerprint density at radius 1 is 1.11 bits per heavy atom. The summed E-state index contributed by atoms with van der Waals surface area (Å²) in [5, 5.41) is 3.45. The van der Waals surface area contributed by atoms with Crippen LogP contribution in [0.4, 0.5) is 0 Å². The molecule has 2 aromatic heterocycles. The maximum Gasteiger partial charge on any atom is 0.332 e. The molecule has 2 bridgehead atoms. The molecular weight excluding hydrogens is 346 g/mol. The molecule has 27 heavy (non-hydrogen) atoms. The lowest BCUT2D eigenvalue weighted by Gasteiger charge is -2.36. The van der Waals surface area contributed by atoms with E-state index >= 15 is 0 Å². The highest BCUT2D eigenvalue weighted by atomic mass is 16.2. The third-order valence-corrected chi connectivity index (χ3v) is 6.41. The predicted molar refractivity (Wildman–Crippen MR) is 102 cm³/mol. The second kappa shape index (κ2) is 6.30. The van der Waals surface area contributed by atoms with Gasteiger partial charge in [0.2, 0.25) is 0 Å². The van der Waals surface area contributed by atoms with E-state index in [0.717, 1.165) is 17.4 Å². The summed E-state index contributed by atoms with van der Waals surface area (Å²) >= 11 is 0. The molecular formula is C19H25N5O3. The average Bonchev–Trinajstić information content (AvgIpc) is 2.85. The molecule has 2 aromatic rings. The zero-order valence-electron chi connectivity index (χ0n) is 16.2. The van der Waals surface area contributed by atoms with E-state index in [1.165, 1.54) is 30.7 Å². The van der Waals surface area contributed by atoms with Crippen molar-refractivity contribution in [3.63, 3.8) is 0 Å². The average molecular weight is 371 g/mol. The molecule has 4 heterocycles. The highest BCUT2D eigenvalue weighted by Gasteiger charge is 2.39. The van der Waals surface area contributed by atoms with Gasteiger partial charge in [-0.3, -0.25) is 18.7 Å². The van der Waals surface area contributed by atoms with E-state index in [4.69, 9.17) is 0 Å². The van der Waals surface area contributed by atoms with E-state index in [2.05, 4.69) is 22.2 Å². The Morgan fingerprint density at radius 2 is 1.74 bits per heavy atom. The van der Waals surface area contributed by atoms with Gasteiger partial charge in [0.15, 0.2) is 0 Å². The fraction of sp³-hybridized carbons (Fsp3) is 0.579. The quantitative estimate of drug-likeness (QED) is 0.820. The summed E-state index contributed by atoms with van der Waals surface area (Å²) in [6.07, 6.45) is 5.75. The van der Waals surface area contributed by atoms with E-state index in [9.17, 15) is 14.4 Å². The number of carbonyl (C=O) groups is 1. The van der Waals surface area contributed by atoms with E-state index < -0.39 is 11.2 Å². The maximum absolute atomic E-state index is 12.9. The standard InChI is InChI=1S/C19H25N5O3/c1-10-14(9-20-16-15(10)18(26)24(4)19(27)23(16)3)17(25)21-11-7-12-5-6-13(8-11)22(12)2/h9,11-13H,5-8H2,1-4H3,(H,21,25). The van der Waals surface area contributed by atoms with Crippen LogP contribution in [0.5, 0.6) is 0 Å². The molecule has 2 fully saturated rings. The zero-order valence-corrected chi connectivity index (χ0v) is 16.2. The number of amides is 1.